The third-order valence-electron chi connectivity index (χ3n) is 4.04. The van der Waals surface area contributed by atoms with Gasteiger partial charge >= 0.3 is 0 Å². The summed E-state index contributed by atoms with van der Waals surface area (Å²) >= 11 is 6.02. The largest absolute Gasteiger partial charge is 0.457 e. The molecule has 2 N–H and O–H groups in total. The van der Waals surface area contributed by atoms with Crippen LogP contribution in [-0.2, 0) is 4.79 Å². The lowest BCUT2D eigenvalue weighted by Gasteiger charge is -2.13. The maximum atomic E-state index is 13.1. The van der Waals surface area contributed by atoms with Crippen LogP contribution in [0, 0.1) is 5.82 Å². The van der Waals surface area contributed by atoms with Crippen molar-refractivity contribution in [2.24, 2.45) is 0 Å². The highest BCUT2D eigenvalue weighted by molar-refractivity contribution is 6.31. The fourth-order valence-electron chi connectivity index (χ4n) is 2.58. The number of rotatable bonds is 7. The molecule has 0 aliphatic rings. The average molecular weight is 426 g/mol. The molecule has 152 valence electrons. The van der Waals surface area contributed by atoms with Gasteiger partial charge in [0.2, 0.25) is 0 Å². The molecule has 0 saturated carbocycles. The van der Waals surface area contributed by atoms with E-state index in [1.807, 2.05) is 0 Å². The zero-order valence-electron chi connectivity index (χ0n) is 15.6. The molecule has 0 unspecified atom stereocenters. The second-order valence-corrected chi connectivity index (χ2v) is 6.63. The quantitative estimate of drug-likeness (QED) is 0.516. The topological polar surface area (TPSA) is 75.6 Å². The smallest absolute Gasteiger partial charge is 0.259 e. The number of benzene rings is 3. The lowest BCUT2D eigenvalue weighted by atomic mass is 10.1. The van der Waals surface area contributed by atoms with E-state index in [4.69, 9.17) is 21.4 Å². The third kappa shape index (κ3) is 5.53. The van der Waals surface area contributed by atoms with Gasteiger partial charge in [-0.2, -0.15) is 0 Å². The SMILES string of the molecule is O=C(/C=C/c1cc(Cl)ccc1NC(=O)c1ccccc1Oc1ccc(F)cc1)CO. The van der Waals surface area contributed by atoms with Crippen LogP contribution in [0.5, 0.6) is 11.5 Å². The monoisotopic (exact) mass is 425 g/mol. The first kappa shape index (κ1) is 21.2. The highest BCUT2D eigenvalue weighted by Crippen LogP contribution is 2.28. The molecule has 0 saturated heterocycles. The number of halogens is 2. The number of anilines is 1. The molecule has 3 aromatic carbocycles. The van der Waals surface area contributed by atoms with Crippen molar-refractivity contribution in [3.63, 3.8) is 0 Å². The third-order valence-corrected chi connectivity index (χ3v) is 4.27. The highest BCUT2D eigenvalue weighted by atomic mass is 35.5. The fraction of sp³-hybridized carbons (Fsp3) is 0.0435. The Morgan fingerprint density at radius 3 is 2.53 bits per heavy atom. The van der Waals surface area contributed by atoms with Crippen molar-refractivity contribution < 1.29 is 23.8 Å². The van der Waals surface area contributed by atoms with Crippen LogP contribution in [-0.4, -0.2) is 23.4 Å². The molecule has 30 heavy (non-hydrogen) atoms. The first-order valence-electron chi connectivity index (χ1n) is 8.91. The van der Waals surface area contributed by atoms with Crippen LogP contribution < -0.4 is 10.1 Å². The number of carbonyl (C=O) groups is 2. The molecule has 3 aromatic rings. The van der Waals surface area contributed by atoms with Gasteiger partial charge in [-0.15, -0.1) is 0 Å². The number of carbonyl (C=O) groups excluding carboxylic acids is 2. The molecule has 7 heteroatoms. The molecule has 5 nitrogen and oxygen atoms in total. The molecule has 3 rings (SSSR count). The maximum absolute atomic E-state index is 13.1. The van der Waals surface area contributed by atoms with Crippen molar-refractivity contribution in [1.29, 1.82) is 0 Å². The molecular formula is C23H17ClFNO4. The first-order chi connectivity index (χ1) is 14.5. The van der Waals surface area contributed by atoms with E-state index >= 15 is 0 Å². The summed E-state index contributed by atoms with van der Waals surface area (Å²) in [6.45, 7) is -0.618. The lowest BCUT2D eigenvalue weighted by Crippen LogP contribution is -2.14. The zero-order valence-corrected chi connectivity index (χ0v) is 16.4. The van der Waals surface area contributed by atoms with Gasteiger partial charge in [-0.1, -0.05) is 23.7 Å². The Morgan fingerprint density at radius 1 is 1.07 bits per heavy atom. The van der Waals surface area contributed by atoms with Gasteiger partial charge in [0.1, 0.15) is 23.9 Å². The second kappa shape index (κ2) is 9.82. The van der Waals surface area contributed by atoms with Gasteiger partial charge in [0.25, 0.3) is 5.91 Å². The van der Waals surface area contributed by atoms with Crippen molar-refractivity contribution >= 4 is 35.1 Å². The summed E-state index contributed by atoms with van der Waals surface area (Å²) < 4.78 is 18.8. The van der Waals surface area contributed by atoms with Gasteiger partial charge in [0.15, 0.2) is 5.78 Å². The van der Waals surface area contributed by atoms with E-state index in [0.29, 0.717) is 27.8 Å². The molecule has 0 aliphatic carbocycles. The molecule has 0 aliphatic heterocycles. The number of aliphatic hydroxyl groups is 1. The van der Waals surface area contributed by atoms with Crippen molar-refractivity contribution in [2.45, 2.75) is 0 Å². The van der Waals surface area contributed by atoms with Crippen LogP contribution in [0.3, 0.4) is 0 Å². The Bertz CT molecular complexity index is 1100. The van der Waals surface area contributed by atoms with E-state index in [9.17, 15) is 14.0 Å². The van der Waals surface area contributed by atoms with Gasteiger partial charge in [0.05, 0.1) is 5.56 Å². The number of para-hydroxylation sites is 1. The molecule has 0 bridgehead atoms. The van der Waals surface area contributed by atoms with E-state index in [1.54, 1.807) is 42.5 Å². The first-order valence-corrected chi connectivity index (χ1v) is 9.29. The van der Waals surface area contributed by atoms with E-state index in [1.165, 1.54) is 36.4 Å². The van der Waals surface area contributed by atoms with Crippen molar-refractivity contribution in [1.82, 2.24) is 0 Å². The number of amides is 1. The molecular weight excluding hydrogens is 409 g/mol. The number of hydrogen-bond donors (Lipinski definition) is 2. The lowest BCUT2D eigenvalue weighted by molar-refractivity contribution is -0.117. The van der Waals surface area contributed by atoms with Crippen LogP contribution in [0.4, 0.5) is 10.1 Å². The Morgan fingerprint density at radius 2 is 1.80 bits per heavy atom. The summed E-state index contributed by atoms with van der Waals surface area (Å²) in [5.41, 5.74) is 1.18. The van der Waals surface area contributed by atoms with Crippen LogP contribution in [0.15, 0.2) is 72.8 Å². The summed E-state index contributed by atoms with van der Waals surface area (Å²) in [6.07, 6.45) is 2.66. The van der Waals surface area contributed by atoms with E-state index in [0.717, 1.165) is 0 Å². The molecule has 0 atom stereocenters. The molecule has 1 amide bonds. The molecule has 0 radical (unpaired) electrons. The normalized spacial score (nSPS) is 10.8. The summed E-state index contributed by atoms with van der Waals surface area (Å²) in [5, 5.41) is 12.1. The number of ketones is 1. The van der Waals surface area contributed by atoms with Gasteiger partial charge in [0, 0.05) is 10.7 Å². The molecule has 0 spiro atoms. The minimum atomic E-state index is -0.618. The number of aliphatic hydroxyl groups excluding tert-OH is 1. The van der Waals surface area contributed by atoms with E-state index in [2.05, 4.69) is 5.32 Å². The highest BCUT2D eigenvalue weighted by Gasteiger charge is 2.15. The van der Waals surface area contributed by atoms with Crippen LogP contribution >= 0.6 is 11.6 Å². The van der Waals surface area contributed by atoms with Crippen molar-refractivity contribution in [2.75, 3.05) is 11.9 Å². The summed E-state index contributed by atoms with van der Waals surface area (Å²) in [4.78, 5) is 24.3. The van der Waals surface area contributed by atoms with E-state index in [-0.39, 0.29) is 5.56 Å². The number of hydrogen-bond acceptors (Lipinski definition) is 4. The van der Waals surface area contributed by atoms with Gasteiger partial charge < -0.3 is 15.2 Å². The van der Waals surface area contributed by atoms with Crippen LogP contribution in [0.2, 0.25) is 5.02 Å². The summed E-state index contributed by atoms with van der Waals surface area (Å²) in [7, 11) is 0. The standard InChI is InChI=1S/C23H17ClFNO4/c24-16-6-12-21(15(13-16)5-9-18(28)14-27)26-23(29)20-3-1-2-4-22(20)30-19-10-7-17(25)8-11-19/h1-13,27H,14H2,(H,26,29)/b9-5+. The molecule has 0 aromatic heterocycles. The zero-order chi connectivity index (χ0) is 21.5. The van der Waals surface area contributed by atoms with Crippen LogP contribution in [0.25, 0.3) is 6.08 Å². The molecule has 0 heterocycles. The van der Waals surface area contributed by atoms with Gasteiger partial charge in [-0.3, -0.25) is 9.59 Å². The average Bonchev–Trinajstić information content (AvgIpc) is 2.75. The predicted octanol–water partition coefficient (Wildman–Crippen LogP) is 5.10. The van der Waals surface area contributed by atoms with Crippen molar-refractivity contribution in [3.8, 4) is 11.5 Å². The maximum Gasteiger partial charge on any atom is 0.259 e. The Hall–Kier alpha value is -3.48. The van der Waals surface area contributed by atoms with Crippen LogP contribution in [0.1, 0.15) is 15.9 Å². The predicted molar refractivity (Wildman–Crippen MR) is 113 cm³/mol. The Balaban J connectivity index is 1.86. The Kier molecular flexibility index (Phi) is 6.95. The van der Waals surface area contributed by atoms with E-state index < -0.39 is 24.1 Å². The Labute approximate surface area is 177 Å². The minimum Gasteiger partial charge on any atom is -0.457 e. The van der Waals surface area contributed by atoms with Gasteiger partial charge in [-0.05, 0) is 72.3 Å². The van der Waals surface area contributed by atoms with Crippen molar-refractivity contribution in [3.05, 3.63) is 94.8 Å². The molecule has 0 fully saturated rings. The number of nitrogens with one attached hydrogen (secondary N) is 1. The minimum absolute atomic E-state index is 0.262. The van der Waals surface area contributed by atoms with Gasteiger partial charge in [-0.25, -0.2) is 4.39 Å². The second-order valence-electron chi connectivity index (χ2n) is 6.20. The fourth-order valence-corrected chi connectivity index (χ4v) is 2.76. The number of ether oxygens (including phenoxy) is 1. The summed E-state index contributed by atoms with van der Waals surface area (Å²) in [6, 6.07) is 16.9. The summed E-state index contributed by atoms with van der Waals surface area (Å²) in [5.74, 6) is -0.641.